The maximum Gasteiger partial charge on any atom is 0.0469 e. The van der Waals surface area contributed by atoms with Crippen LogP contribution in [0.1, 0.15) is 37.8 Å². The number of halogens is 2. The number of nitrogens with one attached hydrogen (secondary N) is 1. The lowest BCUT2D eigenvalue weighted by Crippen LogP contribution is -2.32. The van der Waals surface area contributed by atoms with Gasteiger partial charge in [-0.15, -0.1) is 0 Å². The first-order valence-corrected chi connectivity index (χ1v) is 8.57. The van der Waals surface area contributed by atoms with Gasteiger partial charge in [0.15, 0.2) is 0 Å². The molecule has 2 nitrogen and oxygen atoms in total. The highest BCUT2D eigenvalue weighted by molar-refractivity contribution is 9.11. The maximum atomic E-state index is 5.50. The van der Waals surface area contributed by atoms with Gasteiger partial charge in [-0.1, -0.05) is 38.8 Å². The normalized spacial score (nSPS) is 18.5. The molecule has 1 N–H and O–H groups in total. The Labute approximate surface area is 132 Å². The summed E-state index contributed by atoms with van der Waals surface area (Å²) in [6.07, 6.45) is 3.44. The van der Waals surface area contributed by atoms with Crippen LogP contribution in [0.2, 0.25) is 0 Å². The molecule has 0 aliphatic carbocycles. The average Bonchev–Trinajstić information content (AvgIpc) is 2.44. The van der Waals surface area contributed by atoms with Gasteiger partial charge in [-0.25, -0.2) is 0 Å². The van der Waals surface area contributed by atoms with Gasteiger partial charge in [0.2, 0.25) is 0 Å². The Morgan fingerprint density at radius 1 is 1.32 bits per heavy atom. The van der Waals surface area contributed by atoms with Crippen LogP contribution in [0.3, 0.4) is 0 Å². The first-order valence-electron chi connectivity index (χ1n) is 6.98. The van der Waals surface area contributed by atoms with Crippen LogP contribution >= 0.6 is 31.9 Å². The Morgan fingerprint density at radius 3 is 2.74 bits per heavy atom. The van der Waals surface area contributed by atoms with Gasteiger partial charge >= 0.3 is 0 Å². The van der Waals surface area contributed by atoms with Gasteiger partial charge in [-0.2, -0.15) is 0 Å². The molecule has 0 saturated carbocycles. The summed E-state index contributed by atoms with van der Waals surface area (Å²) in [5.41, 5.74) is 1.36. The van der Waals surface area contributed by atoms with E-state index in [9.17, 15) is 0 Å². The second-order valence-corrected chi connectivity index (χ2v) is 6.82. The fourth-order valence-electron chi connectivity index (χ4n) is 2.63. The molecule has 1 heterocycles. The summed E-state index contributed by atoms with van der Waals surface area (Å²) in [6.45, 7) is 5.05. The van der Waals surface area contributed by atoms with Gasteiger partial charge in [0.25, 0.3) is 0 Å². The fourth-order valence-corrected chi connectivity index (χ4v) is 3.50. The van der Waals surface area contributed by atoms with Crippen molar-refractivity contribution in [2.24, 2.45) is 5.92 Å². The molecule has 1 aromatic rings. The first kappa shape index (κ1) is 15.5. The molecule has 1 unspecified atom stereocenters. The van der Waals surface area contributed by atoms with Gasteiger partial charge in [0.05, 0.1) is 0 Å². The third kappa shape index (κ3) is 4.28. The monoisotopic (exact) mass is 389 g/mol. The molecule has 0 radical (unpaired) electrons. The van der Waals surface area contributed by atoms with Crippen molar-refractivity contribution in [3.05, 3.63) is 32.7 Å². The minimum Gasteiger partial charge on any atom is -0.381 e. The maximum absolute atomic E-state index is 5.50. The molecule has 1 fully saturated rings. The van der Waals surface area contributed by atoms with Gasteiger partial charge in [-0.3, -0.25) is 0 Å². The Hall–Kier alpha value is 0.1000. The van der Waals surface area contributed by atoms with E-state index >= 15 is 0 Å². The minimum absolute atomic E-state index is 0.413. The smallest absolute Gasteiger partial charge is 0.0469 e. The quantitative estimate of drug-likeness (QED) is 0.787. The van der Waals surface area contributed by atoms with E-state index < -0.39 is 0 Å². The highest BCUT2D eigenvalue weighted by Crippen LogP contribution is 2.35. The van der Waals surface area contributed by atoms with E-state index in [4.69, 9.17) is 4.74 Å². The molecule has 0 bridgehead atoms. The lowest BCUT2D eigenvalue weighted by atomic mass is 9.87. The summed E-state index contributed by atoms with van der Waals surface area (Å²) in [4.78, 5) is 0. The molecule has 0 amide bonds. The zero-order valence-corrected chi connectivity index (χ0v) is 14.5. The molecule has 1 saturated heterocycles. The molecule has 0 spiro atoms. The van der Waals surface area contributed by atoms with Crippen molar-refractivity contribution >= 4 is 31.9 Å². The Morgan fingerprint density at radius 2 is 2.05 bits per heavy atom. The van der Waals surface area contributed by atoms with E-state index in [0.717, 1.165) is 43.5 Å². The summed E-state index contributed by atoms with van der Waals surface area (Å²) in [7, 11) is 0. The summed E-state index contributed by atoms with van der Waals surface area (Å²) >= 11 is 7.28. The van der Waals surface area contributed by atoms with Crippen LogP contribution in [-0.2, 0) is 4.74 Å². The molecule has 4 heteroatoms. The van der Waals surface area contributed by atoms with Crippen LogP contribution in [0.4, 0.5) is 0 Å². The summed E-state index contributed by atoms with van der Waals surface area (Å²) in [6, 6.07) is 6.84. The zero-order chi connectivity index (χ0) is 13.7. The van der Waals surface area contributed by atoms with Gasteiger partial charge < -0.3 is 10.1 Å². The van der Waals surface area contributed by atoms with E-state index in [-0.39, 0.29) is 0 Å². The van der Waals surface area contributed by atoms with Crippen molar-refractivity contribution in [1.82, 2.24) is 5.32 Å². The van der Waals surface area contributed by atoms with E-state index in [1.54, 1.807) is 0 Å². The van der Waals surface area contributed by atoms with Crippen molar-refractivity contribution in [2.45, 2.75) is 32.2 Å². The number of hydrogen-bond acceptors (Lipinski definition) is 2. The Bertz CT molecular complexity index is 405. The largest absolute Gasteiger partial charge is 0.381 e. The lowest BCUT2D eigenvalue weighted by Gasteiger charge is -2.32. The second-order valence-electron chi connectivity index (χ2n) is 5.05. The van der Waals surface area contributed by atoms with E-state index in [1.165, 1.54) is 10.0 Å². The van der Waals surface area contributed by atoms with E-state index in [0.29, 0.717) is 12.0 Å². The van der Waals surface area contributed by atoms with Crippen LogP contribution < -0.4 is 5.32 Å². The van der Waals surface area contributed by atoms with Gasteiger partial charge in [-0.05, 0) is 55.5 Å². The van der Waals surface area contributed by atoms with Crippen molar-refractivity contribution in [2.75, 3.05) is 19.8 Å². The average molecular weight is 391 g/mol. The topological polar surface area (TPSA) is 21.3 Å². The number of benzene rings is 1. The molecule has 1 aliphatic rings. The molecular formula is C15H21Br2NO. The van der Waals surface area contributed by atoms with Crippen LogP contribution in [-0.4, -0.2) is 19.8 Å². The predicted molar refractivity (Wildman–Crippen MR) is 86.4 cm³/mol. The van der Waals surface area contributed by atoms with Gasteiger partial charge in [0, 0.05) is 28.2 Å². The third-order valence-corrected chi connectivity index (χ3v) is 4.86. The number of hydrogen-bond donors (Lipinski definition) is 1. The highest BCUT2D eigenvalue weighted by atomic mass is 79.9. The first-order chi connectivity index (χ1) is 9.22. The van der Waals surface area contributed by atoms with Crippen molar-refractivity contribution < 1.29 is 4.74 Å². The molecule has 1 aliphatic heterocycles. The molecule has 106 valence electrons. The highest BCUT2D eigenvalue weighted by Gasteiger charge is 2.26. The van der Waals surface area contributed by atoms with Crippen LogP contribution in [0.5, 0.6) is 0 Å². The van der Waals surface area contributed by atoms with Crippen molar-refractivity contribution in [1.29, 1.82) is 0 Å². The molecule has 1 aromatic carbocycles. The molecule has 19 heavy (non-hydrogen) atoms. The van der Waals surface area contributed by atoms with Crippen LogP contribution in [0, 0.1) is 5.92 Å². The molecule has 0 aromatic heterocycles. The van der Waals surface area contributed by atoms with Crippen molar-refractivity contribution in [3.8, 4) is 0 Å². The van der Waals surface area contributed by atoms with Gasteiger partial charge in [0.1, 0.15) is 0 Å². The van der Waals surface area contributed by atoms with Crippen molar-refractivity contribution in [3.63, 3.8) is 0 Å². The summed E-state index contributed by atoms with van der Waals surface area (Å²) in [5.74, 6) is 0.658. The number of rotatable bonds is 5. The fraction of sp³-hybridized carbons (Fsp3) is 0.600. The lowest BCUT2D eigenvalue weighted by molar-refractivity contribution is 0.0535. The van der Waals surface area contributed by atoms with Crippen LogP contribution in [0.25, 0.3) is 0 Å². The van der Waals surface area contributed by atoms with E-state index in [1.807, 2.05) is 0 Å². The Kier molecular flexibility index (Phi) is 6.33. The van der Waals surface area contributed by atoms with E-state index in [2.05, 4.69) is 62.3 Å². The standard InChI is InChI=1S/C15H21Br2NO/c1-2-7-18-15(11-5-8-19-9-6-11)13-10-12(16)3-4-14(13)17/h3-4,10-11,15,18H,2,5-9H2,1H3. The third-order valence-electron chi connectivity index (χ3n) is 3.64. The molecular weight excluding hydrogens is 370 g/mol. The SMILES string of the molecule is CCCNC(c1cc(Br)ccc1Br)C1CCOCC1. The molecule has 1 atom stereocenters. The minimum atomic E-state index is 0.413. The molecule has 2 rings (SSSR count). The summed E-state index contributed by atoms with van der Waals surface area (Å²) in [5, 5.41) is 3.72. The van der Waals surface area contributed by atoms with Crippen LogP contribution in [0.15, 0.2) is 27.1 Å². The second kappa shape index (κ2) is 7.77. The Balaban J connectivity index is 2.22. The zero-order valence-electron chi connectivity index (χ0n) is 11.3. The predicted octanol–water partition coefficient (Wildman–Crippen LogP) is 4.68. The summed E-state index contributed by atoms with van der Waals surface area (Å²) < 4.78 is 7.83. The number of ether oxygens (including phenoxy) is 1.